The minimum Gasteiger partial charge on any atom is -0.478 e. The Labute approximate surface area is 101 Å². The van der Waals surface area contributed by atoms with E-state index >= 15 is 0 Å². The molecule has 1 aromatic carbocycles. The molecule has 0 radical (unpaired) electrons. The van der Waals surface area contributed by atoms with Gasteiger partial charge in [-0.2, -0.15) is 0 Å². The average Bonchev–Trinajstić information content (AvgIpc) is 2.76. The Bertz CT molecular complexity index is 560. The molecule has 0 atom stereocenters. The molecule has 0 saturated heterocycles. The number of halogens is 1. The Kier molecular flexibility index (Phi) is 3.20. The summed E-state index contributed by atoms with van der Waals surface area (Å²) in [6.07, 6.45) is 2.16. The van der Waals surface area contributed by atoms with E-state index in [0.717, 1.165) is 11.6 Å². The van der Waals surface area contributed by atoms with Gasteiger partial charge in [-0.25, -0.2) is 4.79 Å². The number of hydrogen-bond donors (Lipinski definition) is 1. The third-order valence-electron chi connectivity index (χ3n) is 1.90. The largest absolute Gasteiger partial charge is 0.478 e. The zero-order valence-corrected chi connectivity index (χ0v) is 9.26. The van der Waals surface area contributed by atoms with Gasteiger partial charge in [0.2, 0.25) is 11.8 Å². The van der Waals surface area contributed by atoms with Crippen LogP contribution in [0.15, 0.2) is 34.8 Å². The molecule has 5 nitrogen and oxygen atoms in total. The molecule has 2 rings (SSSR count). The Morgan fingerprint density at radius 2 is 2.00 bits per heavy atom. The van der Waals surface area contributed by atoms with E-state index in [0.29, 0.717) is 10.9 Å². The van der Waals surface area contributed by atoms with E-state index in [1.54, 1.807) is 24.3 Å². The minimum absolute atomic E-state index is 0.136. The van der Waals surface area contributed by atoms with Gasteiger partial charge in [0.15, 0.2) is 0 Å². The van der Waals surface area contributed by atoms with Gasteiger partial charge in [-0.1, -0.05) is 11.6 Å². The van der Waals surface area contributed by atoms with E-state index in [1.165, 1.54) is 6.08 Å². The molecule has 0 saturated carbocycles. The van der Waals surface area contributed by atoms with Crippen LogP contribution in [0.3, 0.4) is 0 Å². The van der Waals surface area contributed by atoms with Crippen LogP contribution in [0.1, 0.15) is 5.89 Å². The molecule has 0 spiro atoms. The highest BCUT2D eigenvalue weighted by Crippen LogP contribution is 2.20. The SMILES string of the molecule is O=C(O)/C=C\c1nnc(-c2ccc(Cl)cc2)o1. The second-order valence-corrected chi connectivity index (χ2v) is 3.56. The normalized spacial score (nSPS) is 10.9. The van der Waals surface area contributed by atoms with Gasteiger partial charge in [-0.3, -0.25) is 0 Å². The lowest BCUT2D eigenvalue weighted by Crippen LogP contribution is -1.85. The zero-order chi connectivity index (χ0) is 12.3. The second-order valence-electron chi connectivity index (χ2n) is 3.12. The Morgan fingerprint density at radius 3 is 2.65 bits per heavy atom. The Hall–Kier alpha value is -2.14. The molecule has 1 N–H and O–H groups in total. The van der Waals surface area contributed by atoms with Crippen molar-refractivity contribution < 1.29 is 14.3 Å². The van der Waals surface area contributed by atoms with E-state index < -0.39 is 5.97 Å². The van der Waals surface area contributed by atoms with Gasteiger partial charge >= 0.3 is 5.97 Å². The molecule has 86 valence electrons. The van der Waals surface area contributed by atoms with Crippen molar-refractivity contribution in [2.45, 2.75) is 0 Å². The highest BCUT2D eigenvalue weighted by molar-refractivity contribution is 6.30. The maximum absolute atomic E-state index is 10.3. The van der Waals surface area contributed by atoms with E-state index in [2.05, 4.69) is 10.2 Å². The summed E-state index contributed by atoms with van der Waals surface area (Å²) in [5, 5.41) is 16.5. The molecule has 0 unspecified atom stereocenters. The van der Waals surface area contributed by atoms with Crippen molar-refractivity contribution >= 4 is 23.6 Å². The highest BCUT2D eigenvalue weighted by atomic mass is 35.5. The van der Waals surface area contributed by atoms with Crippen LogP contribution < -0.4 is 0 Å². The van der Waals surface area contributed by atoms with Gasteiger partial charge in [0.1, 0.15) is 0 Å². The number of rotatable bonds is 3. The molecule has 2 aromatic rings. The molecule has 17 heavy (non-hydrogen) atoms. The van der Waals surface area contributed by atoms with E-state index in [4.69, 9.17) is 21.1 Å². The van der Waals surface area contributed by atoms with Gasteiger partial charge in [0, 0.05) is 22.7 Å². The number of aromatic nitrogens is 2. The smallest absolute Gasteiger partial charge is 0.328 e. The van der Waals surface area contributed by atoms with Crippen LogP contribution in [0.4, 0.5) is 0 Å². The molecule has 0 aliphatic carbocycles. The van der Waals surface area contributed by atoms with Crippen molar-refractivity contribution in [3.05, 3.63) is 41.3 Å². The fourth-order valence-electron chi connectivity index (χ4n) is 1.15. The van der Waals surface area contributed by atoms with E-state index in [9.17, 15) is 4.79 Å². The second kappa shape index (κ2) is 4.80. The molecule has 6 heteroatoms. The maximum atomic E-state index is 10.3. The maximum Gasteiger partial charge on any atom is 0.328 e. The number of carboxylic acids is 1. The van der Waals surface area contributed by atoms with Crippen LogP contribution in [0.5, 0.6) is 0 Å². The fraction of sp³-hybridized carbons (Fsp3) is 0. The summed E-state index contributed by atoms with van der Waals surface area (Å²) in [7, 11) is 0. The van der Waals surface area contributed by atoms with E-state index in [-0.39, 0.29) is 5.89 Å². The first-order chi connectivity index (χ1) is 8.15. The summed E-state index contributed by atoms with van der Waals surface area (Å²) in [4.78, 5) is 10.3. The van der Waals surface area contributed by atoms with Crippen LogP contribution in [0, 0.1) is 0 Å². The van der Waals surface area contributed by atoms with Crippen molar-refractivity contribution in [3.8, 4) is 11.5 Å². The number of aliphatic carboxylic acids is 1. The van der Waals surface area contributed by atoms with Gasteiger partial charge < -0.3 is 9.52 Å². The van der Waals surface area contributed by atoms with Crippen molar-refractivity contribution in [1.82, 2.24) is 10.2 Å². The molecule has 0 aliphatic rings. The number of benzene rings is 1. The lowest BCUT2D eigenvalue weighted by molar-refractivity contribution is -0.131. The van der Waals surface area contributed by atoms with Gasteiger partial charge in [0.05, 0.1) is 0 Å². The highest BCUT2D eigenvalue weighted by Gasteiger charge is 2.06. The summed E-state index contributed by atoms with van der Waals surface area (Å²) in [5.74, 6) is -0.625. The Balaban J connectivity index is 2.23. The fourth-order valence-corrected chi connectivity index (χ4v) is 1.28. The number of nitrogens with zero attached hydrogens (tertiary/aromatic N) is 2. The summed E-state index contributed by atoms with van der Waals surface area (Å²) < 4.78 is 5.24. The quantitative estimate of drug-likeness (QED) is 0.847. The molecule has 0 aliphatic heterocycles. The van der Waals surface area contributed by atoms with Crippen LogP contribution >= 0.6 is 11.6 Å². The Morgan fingerprint density at radius 1 is 1.29 bits per heavy atom. The van der Waals surface area contributed by atoms with Crippen LogP contribution in [-0.2, 0) is 4.79 Å². The first kappa shape index (κ1) is 11.3. The van der Waals surface area contributed by atoms with Crippen molar-refractivity contribution in [2.75, 3.05) is 0 Å². The monoisotopic (exact) mass is 250 g/mol. The zero-order valence-electron chi connectivity index (χ0n) is 8.50. The van der Waals surface area contributed by atoms with E-state index in [1.807, 2.05) is 0 Å². The number of carbonyl (C=O) groups is 1. The topological polar surface area (TPSA) is 76.2 Å². The predicted octanol–water partition coefficient (Wildman–Crippen LogP) is 2.49. The summed E-state index contributed by atoms with van der Waals surface area (Å²) in [5.41, 5.74) is 0.719. The van der Waals surface area contributed by atoms with Crippen LogP contribution in [0.25, 0.3) is 17.5 Å². The summed E-state index contributed by atoms with van der Waals surface area (Å²) in [6.45, 7) is 0. The first-order valence-corrected chi connectivity index (χ1v) is 5.03. The molecule has 0 bridgehead atoms. The average molecular weight is 251 g/mol. The molecular weight excluding hydrogens is 244 g/mol. The number of carboxylic acid groups (broad SMARTS) is 1. The summed E-state index contributed by atoms with van der Waals surface area (Å²) in [6, 6.07) is 6.88. The lowest BCUT2D eigenvalue weighted by atomic mass is 10.2. The minimum atomic E-state index is -1.07. The van der Waals surface area contributed by atoms with Crippen molar-refractivity contribution in [2.24, 2.45) is 0 Å². The third-order valence-corrected chi connectivity index (χ3v) is 2.15. The van der Waals surface area contributed by atoms with Gasteiger partial charge in [-0.15, -0.1) is 10.2 Å². The van der Waals surface area contributed by atoms with Crippen molar-refractivity contribution in [1.29, 1.82) is 0 Å². The third kappa shape index (κ3) is 2.92. The first-order valence-electron chi connectivity index (χ1n) is 4.65. The molecule has 1 aromatic heterocycles. The van der Waals surface area contributed by atoms with Gasteiger partial charge in [-0.05, 0) is 24.3 Å². The molecule has 0 fully saturated rings. The van der Waals surface area contributed by atoms with Crippen LogP contribution in [-0.4, -0.2) is 21.3 Å². The summed E-state index contributed by atoms with van der Waals surface area (Å²) >= 11 is 5.75. The molecule has 0 amide bonds. The van der Waals surface area contributed by atoms with Crippen LogP contribution in [0.2, 0.25) is 5.02 Å². The predicted molar refractivity (Wildman–Crippen MR) is 61.4 cm³/mol. The van der Waals surface area contributed by atoms with Crippen molar-refractivity contribution in [3.63, 3.8) is 0 Å². The number of hydrogen-bond acceptors (Lipinski definition) is 4. The standard InChI is InChI=1S/C11H7ClN2O3/c12-8-3-1-7(2-4-8)11-14-13-9(17-11)5-6-10(15)16/h1-6H,(H,15,16)/b6-5-. The lowest BCUT2D eigenvalue weighted by Gasteiger charge is -1.93. The molecule has 1 heterocycles. The van der Waals surface area contributed by atoms with Gasteiger partial charge in [0.25, 0.3) is 0 Å². The molecular formula is C11H7ClN2O3.